The number of morpholine rings is 1. The van der Waals surface area contributed by atoms with Gasteiger partial charge in [0.25, 0.3) is 0 Å². The van der Waals surface area contributed by atoms with Crippen LogP contribution in [0.1, 0.15) is 6.92 Å². The first-order valence-corrected chi connectivity index (χ1v) is 6.89. The number of methoxy groups -OCH3 is 1. The summed E-state index contributed by atoms with van der Waals surface area (Å²) in [5, 5.41) is 1.89. The van der Waals surface area contributed by atoms with Crippen molar-refractivity contribution in [3.63, 3.8) is 0 Å². The van der Waals surface area contributed by atoms with Crippen molar-refractivity contribution in [2.24, 2.45) is 0 Å². The van der Waals surface area contributed by atoms with Crippen LogP contribution < -0.4 is 10.0 Å². The Hall–Kier alpha value is -0.700. The Labute approximate surface area is 101 Å². The van der Waals surface area contributed by atoms with Crippen LogP contribution in [0.2, 0.25) is 0 Å². The standard InChI is InChI=1S/C9H18N2O5S/c1-7(9(12)15-2)17(13,14)11-5-8-6-16-4-3-10-8/h7-8,10-11H,3-6H2,1-2H3. The van der Waals surface area contributed by atoms with Crippen molar-refractivity contribution in [3.05, 3.63) is 0 Å². The maximum atomic E-state index is 11.7. The number of carbonyl (C=O) groups excluding carboxylic acids is 1. The molecule has 2 N–H and O–H groups in total. The predicted octanol–water partition coefficient (Wildman–Crippen LogP) is -1.54. The lowest BCUT2D eigenvalue weighted by molar-refractivity contribution is -0.139. The lowest BCUT2D eigenvalue weighted by atomic mass is 10.3. The van der Waals surface area contributed by atoms with E-state index < -0.39 is 21.2 Å². The van der Waals surface area contributed by atoms with Crippen molar-refractivity contribution < 1.29 is 22.7 Å². The quantitative estimate of drug-likeness (QED) is 0.586. The van der Waals surface area contributed by atoms with Gasteiger partial charge in [0, 0.05) is 19.1 Å². The van der Waals surface area contributed by atoms with Gasteiger partial charge in [0.2, 0.25) is 10.0 Å². The van der Waals surface area contributed by atoms with Gasteiger partial charge in [0.05, 0.1) is 20.3 Å². The van der Waals surface area contributed by atoms with Crippen LogP contribution in [0.15, 0.2) is 0 Å². The molecule has 0 aromatic heterocycles. The topological polar surface area (TPSA) is 93.7 Å². The van der Waals surface area contributed by atoms with Crippen LogP contribution in [0.4, 0.5) is 0 Å². The molecule has 2 atom stereocenters. The zero-order chi connectivity index (χ0) is 12.9. The van der Waals surface area contributed by atoms with Crippen molar-refractivity contribution >= 4 is 16.0 Å². The highest BCUT2D eigenvalue weighted by atomic mass is 32.2. The Morgan fingerprint density at radius 2 is 2.35 bits per heavy atom. The Balaban J connectivity index is 2.46. The molecule has 0 radical (unpaired) electrons. The van der Waals surface area contributed by atoms with Crippen LogP contribution in [0, 0.1) is 0 Å². The predicted molar refractivity (Wildman–Crippen MR) is 61.0 cm³/mol. The van der Waals surface area contributed by atoms with E-state index in [0.717, 1.165) is 7.11 Å². The second kappa shape index (κ2) is 6.29. The molecule has 0 amide bonds. The van der Waals surface area contributed by atoms with Gasteiger partial charge in [-0.3, -0.25) is 4.79 Å². The van der Waals surface area contributed by atoms with Crippen molar-refractivity contribution in [2.45, 2.75) is 18.2 Å². The number of rotatable bonds is 5. The van der Waals surface area contributed by atoms with Gasteiger partial charge in [0.15, 0.2) is 5.25 Å². The molecule has 0 aromatic carbocycles. The third-order valence-electron chi connectivity index (χ3n) is 2.53. The molecule has 1 saturated heterocycles. The average molecular weight is 266 g/mol. The summed E-state index contributed by atoms with van der Waals surface area (Å²) in [6.07, 6.45) is 0. The molecule has 0 saturated carbocycles. The van der Waals surface area contributed by atoms with E-state index >= 15 is 0 Å². The highest BCUT2D eigenvalue weighted by Crippen LogP contribution is 2.01. The molecule has 2 unspecified atom stereocenters. The minimum absolute atomic E-state index is 0.0663. The molecule has 1 heterocycles. The molecular formula is C9H18N2O5S. The molecule has 1 fully saturated rings. The van der Waals surface area contributed by atoms with Crippen LogP contribution in [-0.4, -0.2) is 59.1 Å². The number of ether oxygens (including phenoxy) is 2. The summed E-state index contributed by atoms with van der Waals surface area (Å²) < 4.78 is 35.3. The fourth-order valence-electron chi connectivity index (χ4n) is 1.39. The summed E-state index contributed by atoms with van der Waals surface area (Å²) in [7, 11) is -2.53. The van der Waals surface area contributed by atoms with Crippen molar-refractivity contribution in [1.29, 1.82) is 0 Å². The fraction of sp³-hybridized carbons (Fsp3) is 0.889. The van der Waals surface area contributed by atoms with Crippen molar-refractivity contribution in [3.8, 4) is 0 Å². The molecule has 8 heteroatoms. The monoisotopic (exact) mass is 266 g/mol. The summed E-state index contributed by atoms with van der Waals surface area (Å²) in [5.74, 6) is -0.773. The molecule has 1 rings (SSSR count). The smallest absolute Gasteiger partial charge is 0.325 e. The number of carbonyl (C=O) groups is 1. The second-order valence-electron chi connectivity index (χ2n) is 3.78. The van der Waals surface area contributed by atoms with Gasteiger partial charge < -0.3 is 14.8 Å². The Morgan fingerprint density at radius 1 is 1.65 bits per heavy atom. The molecular weight excluding hydrogens is 248 g/mol. The highest BCUT2D eigenvalue weighted by molar-refractivity contribution is 7.90. The van der Waals surface area contributed by atoms with E-state index in [0.29, 0.717) is 19.8 Å². The van der Waals surface area contributed by atoms with Gasteiger partial charge in [-0.2, -0.15) is 0 Å². The van der Waals surface area contributed by atoms with Crippen LogP contribution in [0.5, 0.6) is 0 Å². The van der Waals surface area contributed by atoms with E-state index in [9.17, 15) is 13.2 Å². The van der Waals surface area contributed by atoms with Crippen LogP contribution >= 0.6 is 0 Å². The average Bonchev–Trinajstić information content (AvgIpc) is 2.36. The molecule has 1 aliphatic rings. The minimum atomic E-state index is -3.69. The van der Waals surface area contributed by atoms with E-state index in [2.05, 4.69) is 14.8 Å². The molecule has 7 nitrogen and oxygen atoms in total. The van der Waals surface area contributed by atoms with Gasteiger partial charge in [-0.25, -0.2) is 13.1 Å². The van der Waals surface area contributed by atoms with Crippen molar-refractivity contribution in [2.75, 3.05) is 33.4 Å². The number of sulfonamides is 1. The van der Waals surface area contributed by atoms with E-state index in [4.69, 9.17) is 4.74 Å². The maximum absolute atomic E-state index is 11.7. The third-order valence-corrected chi connectivity index (χ3v) is 4.22. The third kappa shape index (κ3) is 4.23. The number of hydrogen-bond acceptors (Lipinski definition) is 6. The second-order valence-corrected chi connectivity index (χ2v) is 5.87. The number of nitrogens with one attached hydrogen (secondary N) is 2. The van der Waals surface area contributed by atoms with Gasteiger partial charge >= 0.3 is 5.97 Å². The van der Waals surface area contributed by atoms with Crippen LogP contribution in [0.3, 0.4) is 0 Å². The molecule has 17 heavy (non-hydrogen) atoms. The summed E-state index contributed by atoms with van der Waals surface area (Å²) in [6.45, 7) is 3.26. The van der Waals surface area contributed by atoms with E-state index in [1.165, 1.54) is 6.92 Å². The maximum Gasteiger partial charge on any atom is 0.325 e. The summed E-state index contributed by atoms with van der Waals surface area (Å²) >= 11 is 0. The first-order chi connectivity index (χ1) is 7.97. The lowest BCUT2D eigenvalue weighted by Crippen LogP contribution is -2.50. The first-order valence-electron chi connectivity index (χ1n) is 5.35. The number of hydrogen-bond donors (Lipinski definition) is 2. The molecule has 0 spiro atoms. The summed E-state index contributed by atoms with van der Waals surface area (Å²) in [6, 6.07) is -0.0663. The Morgan fingerprint density at radius 3 is 2.88 bits per heavy atom. The van der Waals surface area contributed by atoms with E-state index in [1.807, 2.05) is 0 Å². The molecule has 0 aliphatic carbocycles. The SMILES string of the molecule is COC(=O)C(C)S(=O)(=O)NCC1COCCN1. The molecule has 0 aromatic rings. The van der Waals surface area contributed by atoms with Crippen LogP contribution in [0.25, 0.3) is 0 Å². The number of esters is 1. The Bertz CT molecular complexity index is 350. The van der Waals surface area contributed by atoms with E-state index in [1.54, 1.807) is 0 Å². The zero-order valence-electron chi connectivity index (χ0n) is 9.93. The first kappa shape index (κ1) is 14.4. The molecule has 0 bridgehead atoms. The normalized spacial score (nSPS) is 23.1. The zero-order valence-corrected chi connectivity index (χ0v) is 10.7. The van der Waals surface area contributed by atoms with Gasteiger partial charge in [-0.1, -0.05) is 0 Å². The fourth-order valence-corrected chi connectivity index (χ4v) is 2.42. The molecule has 1 aliphatic heterocycles. The van der Waals surface area contributed by atoms with Gasteiger partial charge in [0.1, 0.15) is 0 Å². The lowest BCUT2D eigenvalue weighted by Gasteiger charge is -2.24. The van der Waals surface area contributed by atoms with Gasteiger partial charge in [-0.15, -0.1) is 0 Å². The van der Waals surface area contributed by atoms with Gasteiger partial charge in [-0.05, 0) is 6.92 Å². The largest absolute Gasteiger partial charge is 0.468 e. The summed E-state index contributed by atoms with van der Waals surface area (Å²) in [4.78, 5) is 11.1. The van der Waals surface area contributed by atoms with Crippen molar-refractivity contribution in [1.82, 2.24) is 10.0 Å². The minimum Gasteiger partial charge on any atom is -0.468 e. The Kier molecular flexibility index (Phi) is 5.31. The van der Waals surface area contributed by atoms with E-state index in [-0.39, 0.29) is 12.6 Å². The summed E-state index contributed by atoms with van der Waals surface area (Å²) in [5.41, 5.74) is 0. The van der Waals surface area contributed by atoms with Crippen LogP contribution in [-0.2, 0) is 24.3 Å². The molecule has 100 valence electrons. The highest BCUT2D eigenvalue weighted by Gasteiger charge is 2.29.